The highest BCUT2D eigenvalue weighted by molar-refractivity contribution is 9.06. The lowest BCUT2D eigenvalue weighted by atomic mass is 10.9. The van der Waals surface area contributed by atoms with Gasteiger partial charge in [0.2, 0.25) is 0 Å². The van der Waals surface area contributed by atoms with Crippen molar-refractivity contribution in [2.24, 2.45) is 0 Å². The monoisotopic (exact) mass is 363 g/mol. The van der Waals surface area contributed by atoms with Crippen molar-refractivity contribution in [3.8, 4) is 18.0 Å². The van der Waals surface area contributed by atoms with E-state index in [0.29, 0.717) is 0 Å². The SMILES string of the molecule is BrOc1nc(OBr)nc(OBr)n1. The third kappa shape index (κ3) is 2.42. The van der Waals surface area contributed by atoms with E-state index in [1.165, 1.54) is 0 Å². The highest BCUT2D eigenvalue weighted by Gasteiger charge is 2.07. The minimum absolute atomic E-state index is 0.0221. The fraction of sp³-hybridized carbons (Fsp3) is 0. The first-order valence-corrected chi connectivity index (χ1v) is 4.36. The molecule has 1 heterocycles. The Morgan fingerprint density at radius 1 is 0.667 bits per heavy atom. The first kappa shape index (κ1) is 9.93. The van der Waals surface area contributed by atoms with Crippen molar-refractivity contribution >= 4 is 48.8 Å². The van der Waals surface area contributed by atoms with Crippen molar-refractivity contribution in [2.45, 2.75) is 0 Å². The van der Waals surface area contributed by atoms with Gasteiger partial charge in [-0.25, -0.2) is 0 Å². The fourth-order valence-corrected chi connectivity index (χ4v) is 0.858. The van der Waals surface area contributed by atoms with Gasteiger partial charge in [0.1, 0.15) is 0 Å². The van der Waals surface area contributed by atoms with Crippen molar-refractivity contribution in [1.29, 1.82) is 0 Å². The van der Waals surface area contributed by atoms with Crippen LogP contribution in [0.2, 0.25) is 0 Å². The molecular formula is C3Br3N3O3. The van der Waals surface area contributed by atoms with Gasteiger partial charge in [0.05, 0.1) is 0 Å². The van der Waals surface area contributed by atoms with Crippen LogP contribution in [0.5, 0.6) is 18.0 Å². The van der Waals surface area contributed by atoms with Crippen LogP contribution < -0.4 is 11.5 Å². The molecule has 0 unspecified atom stereocenters. The molecule has 0 amide bonds. The molecule has 0 aliphatic heterocycles. The summed E-state index contributed by atoms with van der Waals surface area (Å²) >= 11 is 8.07. The summed E-state index contributed by atoms with van der Waals surface area (Å²) in [4.78, 5) is 11.0. The Bertz CT molecular complexity index is 217. The minimum atomic E-state index is 0.0221. The standard InChI is InChI=1S/C3Br3N3O3/c4-10-1-7-2(11-5)9-3(8-1)12-6. The molecule has 0 atom stereocenters. The molecule has 0 N–H and O–H groups in total. The van der Waals surface area contributed by atoms with Crippen molar-refractivity contribution in [3.05, 3.63) is 0 Å². The van der Waals surface area contributed by atoms with Gasteiger partial charge < -0.3 is 11.5 Å². The first-order valence-electron chi connectivity index (χ1n) is 2.42. The molecule has 0 saturated heterocycles. The lowest BCUT2D eigenvalue weighted by molar-refractivity contribution is 0.504. The van der Waals surface area contributed by atoms with E-state index in [4.69, 9.17) is 0 Å². The lowest BCUT2D eigenvalue weighted by Gasteiger charge is -1.98. The Balaban J connectivity index is 3.01. The van der Waals surface area contributed by atoms with E-state index in [2.05, 4.69) is 75.2 Å². The Morgan fingerprint density at radius 3 is 1.08 bits per heavy atom. The Labute approximate surface area is 93.0 Å². The zero-order chi connectivity index (χ0) is 8.97. The summed E-state index contributed by atoms with van der Waals surface area (Å²) in [5, 5.41) is 0. The van der Waals surface area contributed by atoms with Crippen LogP contribution in [0.25, 0.3) is 0 Å². The maximum Gasteiger partial charge on any atom is 0.337 e. The number of halogens is 3. The highest BCUT2D eigenvalue weighted by Crippen LogP contribution is 2.17. The van der Waals surface area contributed by atoms with Crippen LogP contribution in [0.4, 0.5) is 0 Å². The number of rotatable bonds is 3. The van der Waals surface area contributed by atoms with Crippen molar-refractivity contribution in [3.63, 3.8) is 0 Å². The lowest BCUT2D eigenvalue weighted by Crippen LogP contribution is -1.95. The third-order valence-corrected chi connectivity index (χ3v) is 1.65. The third-order valence-electron chi connectivity index (χ3n) is 0.781. The smallest absolute Gasteiger partial charge is 0.337 e. The van der Waals surface area contributed by atoms with Crippen molar-refractivity contribution < 1.29 is 11.5 Å². The van der Waals surface area contributed by atoms with Gasteiger partial charge in [-0.15, -0.1) is 15.0 Å². The molecule has 1 aromatic rings. The summed E-state index contributed by atoms with van der Waals surface area (Å²) in [5.41, 5.74) is 0. The molecule has 0 saturated carbocycles. The topological polar surface area (TPSA) is 66.4 Å². The molecule has 6 nitrogen and oxygen atoms in total. The highest BCUT2D eigenvalue weighted by atomic mass is 79.9. The molecule has 1 aromatic heterocycles. The van der Waals surface area contributed by atoms with Crippen LogP contribution in [0, 0.1) is 0 Å². The van der Waals surface area contributed by atoms with Gasteiger partial charge in [0, 0.05) is 0 Å². The molecule has 0 aliphatic carbocycles. The molecular weight excluding hydrogens is 366 g/mol. The van der Waals surface area contributed by atoms with Gasteiger partial charge in [0.15, 0.2) is 48.8 Å². The molecule has 0 bridgehead atoms. The number of hydrogen-bond acceptors (Lipinski definition) is 6. The molecule has 0 radical (unpaired) electrons. The molecule has 0 aromatic carbocycles. The summed E-state index contributed by atoms with van der Waals surface area (Å²) in [6, 6.07) is 0.0664. The summed E-state index contributed by atoms with van der Waals surface area (Å²) in [5.74, 6) is 0. The Hall–Kier alpha value is -0.150. The molecule has 12 heavy (non-hydrogen) atoms. The van der Waals surface area contributed by atoms with Gasteiger partial charge in [-0.2, -0.15) is 0 Å². The number of aromatic nitrogens is 3. The first-order chi connectivity index (χ1) is 5.80. The van der Waals surface area contributed by atoms with Crippen molar-refractivity contribution in [1.82, 2.24) is 15.0 Å². The minimum Gasteiger partial charge on any atom is -0.381 e. The predicted octanol–water partition coefficient (Wildman–Crippen LogP) is 1.94. The Morgan fingerprint density at radius 2 is 0.917 bits per heavy atom. The van der Waals surface area contributed by atoms with E-state index in [0.717, 1.165) is 0 Å². The second-order valence-corrected chi connectivity index (χ2v) is 2.39. The zero-order valence-corrected chi connectivity index (χ0v) is 9.96. The molecule has 66 valence electrons. The van der Waals surface area contributed by atoms with Gasteiger partial charge in [-0.1, -0.05) is 0 Å². The van der Waals surface area contributed by atoms with Crippen LogP contribution in [-0.4, -0.2) is 15.0 Å². The predicted molar refractivity (Wildman–Crippen MR) is 48.5 cm³/mol. The molecule has 0 aliphatic rings. The maximum absolute atomic E-state index is 4.55. The summed E-state index contributed by atoms with van der Waals surface area (Å²) < 4.78 is 13.6. The van der Waals surface area contributed by atoms with Crippen LogP contribution >= 0.6 is 48.8 Å². The second kappa shape index (κ2) is 4.77. The van der Waals surface area contributed by atoms with Crippen LogP contribution in [-0.2, 0) is 0 Å². The summed E-state index contributed by atoms with van der Waals surface area (Å²) in [7, 11) is 0. The molecule has 0 spiro atoms. The van der Waals surface area contributed by atoms with Gasteiger partial charge in [0.25, 0.3) is 0 Å². The number of nitrogens with zero attached hydrogens (tertiary/aromatic N) is 3. The van der Waals surface area contributed by atoms with E-state index in [1.54, 1.807) is 0 Å². The average Bonchev–Trinajstić information content (AvgIpc) is 2.16. The van der Waals surface area contributed by atoms with E-state index < -0.39 is 0 Å². The summed E-state index contributed by atoms with van der Waals surface area (Å²) in [6.07, 6.45) is 0. The van der Waals surface area contributed by atoms with Gasteiger partial charge in [-0.05, 0) is 0 Å². The quantitative estimate of drug-likeness (QED) is 0.815. The van der Waals surface area contributed by atoms with Gasteiger partial charge in [-0.3, -0.25) is 0 Å². The normalized spacial score (nSPS) is 9.25. The molecule has 0 fully saturated rings. The molecule has 9 heteroatoms. The van der Waals surface area contributed by atoms with Gasteiger partial charge >= 0.3 is 18.0 Å². The second-order valence-electron chi connectivity index (χ2n) is 1.41. The van der Waals surface area contributed by atoms with Crippen LogP contribution in [0.15, 0.2) is 0 Å². The zero-order valence-electron chi connectivity index (χ0n) is 5.20. The Kier molecular flexibility index (Phi) is 3.95. The van der Waals surface area contributed by atoms with E-state index >= 15 is 0 Å². The van der Waals surface area contributed by atoms with E-state index in [1.807, 2.05) is 0 Å². The maximum atomic E-state index is 4.55. The van der Waals surface area contributed by atoms with Crippen LogP contribution in [0.1, 0.15) is 0 Å². The van der Waals surface area contributed by atoms with E-state index in [-0.39, 0.29) is 18.0 Å². The number of hydrogen-bond donors (Lipinski definition) is 0. The largest absolute Gasteiger partial charge is 0.381 e. The van der Waals surface area contributed by atoms with E-state index in [9.17, 15) is 0 Å². The summed E-state index contributed by atoms with van der Waals surface area (Å²) in [6.45, 7) is 0. The average molecular weight is 366 g/mol. The fourth-order valence-electron chi connectivity index (χ4n) is 0.424. The molecule has 1 rings (SSSR count). The van der Waals surface area contributed by atoms with Crippen LogP contribution in [0.3, 0.4) is 0 Å². The van der Waals surface area contributed by atoms with Crippen molar-refractivity contribution in [2.75, 3.05) is 0 Å².